The van der Waals surface area contributed by atoms with Crippen molar-refractivity contribution in [2.24, 2.45) is 5.92 Å². The standard InChI is InChI=1S/C20H33N5O2/c1-16-14-17(2)22-20(21-16)25-6-4-18(5-7-25)15-19(26)24-10-8-23(9-11-24)12-13-27-3/h14,18H,4-13,15H2,1-3H3. The van der Waals surface area contributed by atoms with Crippen molar-refractivity contribution in [2.45, 2.75) is 33.1 Å². The average molecular weight is 376 g/mol. The molecule has 0 saturated carbocycles. The van der Waals surface area contributed by atoms with E-state index in [1.54, 1.807) is 7.11 Å². The Balaban J connectivity index is 1.42. The first-order chi connectivity index (χ1) is 13.0. The van der Waals surface area contributed by atoms with Crippen molar-refractivity contribution in [3.8, 4) is 0 Å². The summed E-state index contributed by atoms with van der Waals surface area (Å²) in [4.78, 5) is 28.5. The van der Waals surface area contributed by atoms with Gasteiger partial charge in [-0.15, -0.1) is 0 Å². The number of carbonyl (C=O) groups excluding carboxylic acids is 1. The maximum atomic E-state index is 12.7. The van der Waals surface area contributed by atoms with Crippen LogP contribution in [0.4, 0.5) is 5.95 Å². The third-order valence-electron chi connectivity index (χ3n) is 5.67. The van der Waals surface area contributed by atoms with Crippen LogP contribution < -0.4 is 4.90 Å². The smallest absolute Gasteiger partial charge is 0.225 e. The van der Waals surface area contributed by atoms with E-state index < -0.39 is 0 Å². The molecular formula is C20H33N5O2. The van der Waals surface area contributed by atoms with Crippen LogP contribution in [0.2, 0.25) is 0 Å². The fourth-order valence-electron chi connectivity index (χ4n) is 4.00. The average Bonchev–Trinajstić information content (AvgIpc) is 2.66. The monoisotopic (exact) mass is 375 g/mol. The van der Waals surface area contributed by atoms with E-state index in [1.807, 2.05) is 24.8 Å². The highest BCUT2D eigenvalue weighted by Gasteiger charge is 2.27. The van der Waals surface area contributed by atoms with E-state index in [2.05, 4.69) is 19.8 Å². The molecule has 1 amide bonds. The lowest BCUT2D eigenvalue weighted by atomic mass is 9.93. The Morgan fingerprint density at radius 2 is 1.70 bits per heavy atom. The minimum atomic E-state index is 0.322. The molecule has 3 heterocycles. The van der Waals surface area contributed by atoms with Crippen LogP contribution in [0.5, 0.6) is 0 Å². The van der Waals surface area contributed by atoms with Crippen molar-refractivity contribution in [1.29, 1.82) is 0 Å². The van der Waals surface area contributed by atoms with Gasteiger partial charge in [-0.05, 0) is 38.7 Å². The molecule has 0 unspecified atom stereocenters. The SMILES string of the molecule is COCCN1CCN(C(=O)CC2CCN(c3nc(C)cc(C)n3)CC2)CC1. The molecule has 7 nitrogen and oxygen atoms in total. The summed E-state index contributed by atoms with van der Waals surface area (Å²) >= 11 is 0. The van der Waals surface area contributed by atoms with Gasteiger partial charge in [-0.3, -0.25) is 9.69 Å². The summed E-state index contributed by atoms with van der Waals surface area (Å²) in [7, 11) is 1.73. The molecule has 1 aromatic rings. The molecule has 0 atom stereocenters. The first-order valence-electron chi connectivity index (χ1n) is 10.1. The molecule has 1 aromatic heterocycles. The molecule has 0 spiro atoms. The number of rotatable bonds is 6. The predicted octanol–water partition coefficient (Wildman–Crippen LogP) is 1.49. The zero-order valence-corrected chi connectivity index (χ0v) is 17.0. The van der Waals surface area contributed by atoms with Gasteiger partial charge < -0.3 is 14.5 Å². The van der Waals surface area contributed by atoms with Gasteiger partial charge in [-0.25, -0.2) is 9.97 Å². The number of aromatic nitrogens is 2. The number of hydrogen-bond donors (Lipinski definition) is 0. The van der Waals surface area contributed by atoms with Gasteiger partial charge in [0.15, 0.2) is 0 Å². The van der Waals surface area contributed by atoms with Crippen LogP contribution in [-0.2, 0) is 9.53 Å². The van der Waals surface area contributed by atoms with Crippen LogP contribution >= 0.6 is 0 Å². The van der Waals surface area contributed by atoms with Gasteiger partial charge in [-0.2, -0.15) is 0 Å². The first kappa shape index (κ1) is 20.0. The number of piperidine rings is 1. The Morgan fingerprint density at radius 3 is 2.30 bits per heavy atom. The first-order valence-corrected chi connectivity index (χ1v) is 10.1. The largest absolute Gasteiger partial charge is 0.383 e. The van der Waals surface area contributed by atoms with Crippen LogP contribution in [-0.4, -0.2) is 85.2 Å². The fourth-order valence-corrected chi connectivity index (χ4v) is 4.00. The molecule has 0 bridgehead atoms. The van der Waals surface area contributed by atoms with E-state index in [9.17, 15) is 4.79 Å². The van der Waals surface area contributed by atoms with Gasteiger partial charge in [0.1, 0.15) is 0 Å². The van der Waals surface area contributed by atoms with Gasteiger partial charge in [0.2, 0.25) is 11.9 Å². The lowest BCUT2D eigenvalue weighted by Gasteiger charge is -2.36. The molecule has 3 rings (SSSR count). The maximum absolute atomic E-state index is 12.7. The van der Waals surface area contributed by atoms with Crippen LogP contribution in [0.15, 0.2) is 6.07 Å². The lowest BCUT2D eigenvalue weighted by Crippen LogP contribution is -2.50. The molecule has 0 N–H and O–H groups in total. The molecule has 2 aliphatic heterocycles. The molecule has 7 heteroatoms. The number of ether oxygens (including phenoxy) is 1. The topological polar surface area (TPSA) is 61.8 Å². The van der Waals surface area contributed by atoms with Crippen molar-refractivity contribution in [3.05, 3.63) is 17.5 Å². The van der Waals surface area contributed by atoms with Crippen molar-refractivity contribution in [3.63, 3.8) is 0 Å². The van der Waals surface area contributed by atoms with Gasteiger partial charge in [-0.1, -0.05) is 0 Å². The van der Waals surface area contributed by atoms with E-state index in [0.717, 1.165) is 82.6 Å². The minimum Gasteiger partial charge on any atom is -0.383 e. The van der Waals surface area contributed by atoms with Gasteiger partial charge in [0.25, 0.3) is 0 Å². The molecule has 27 heavy (non-hydrogen) atoms. The van der Waals surface area contributed by atoms with Crippen LogP contribution in [0.1, 0.15) is 30.7 Å². The zero-order chi connectivity index (χ0) is 19.2. The third-order valence-corrected chi connectivity index (χ3v) is 5.67. The minimum absolute atomic E-state index is 0.322. The number of anilines is 1. The molecule has 0 radical (unpaired) electrons. The Morgan fingerprint density at radius 1 is 1.07 bits per heavy atom. The highest BCUT2D eigenvalue weighted by Crippen LogP contribution is 2.24. The number of nitrogens with zero attached hydrogens (tertiary/aromatic N) is 5. The van der Waals surface area contributed by atoms with E-state index in [1.165, 1.54) is 0 Å². The van der Waals surface area contributed by atoms with Crippen LogP contribution in [0, 0.1) is 19.8 Å². The summed E-state index contributed by atoms with van der Waals surface area (Å²) in [6.07, 6.45) is 2.76. The molecule has 2 fully saturated rings. The van der Waals surface area contributed by atoms with Crippen LogP contribution in [0.25, 0.3) is 0 Å². The summed E-state index contributed by atoms with van der Waals surface area (Å²) < 4.78 is 5.14. The van der Waals surface area contributed by atoms with Gasteiger partial charge >= 0.3 is 0 Å². The fraction of sp³-hybridized carbons (Fsp3) is 0.750. The van der Waals surface area contributed by atoms with E-state index in [4.69, 9.17) is 4.74 Å². The zero-order valence-electron chi connectivity index (χ0n) is 17.0. The Bertz CT molecular complexity index is 603. The van der Waals surface area contributed by atoms with E-state index in [0.29, 0.717) is 18.2 Å². The van der Waals surface area contributed by atoms with Crippen LogP contribution in [0.3, 0.4) is 0 Å². The summed E-state index contributed by atoms with van der Waals surface area (Å²) in [5, 5.41) is 0. The second-order valence-corrected chi connectivity index (χ2v) is 7.80. The number of piperazine rings is 1. The normalized spacial score (nSPS) is 19.5. The number of methoxy groups -OCH3 is 1. The Hall–Kier alpha value is -1.73. The second-order valence-electron chi connectivity index (χ2n) is 7.80. The van der Waals surface area contributed by atoms with Crippen molar-refractivity contribution < 1.29 is 9.53 Å². The molecule has 2 saturated heterocycles. The molecule has 0 aliphatic carbocycles. The number of aryl methyl sites for hydroxylation is 2. The Kier molecular flexibility index (Phi) is 7.01. The Labute approximate surface area is 162 Å². The number of hydrogen-bond acceptors (Lipinski definition) is 6. The summed E-state index contributed by atoms with van der Waals surface area (Å²) in [6, 6.07) is 2.00. The number of carbonyl (C=O) groups is 1. The highest BCUT2D eigenvalue weighted by molar-refractivity contribution is 5.76. The van der Waals surface area contributed by atoms with E-state index in [-0.39, 0.29) is 0 Å². The van der Waals surface area contributed by atoms with Gasteiger partial charge in [0, 0.05) is 70.7 Å². The summed E-state index contributed by atoms with van der Waals surface area (Å²) in [5.74, 6) is 1.64. The summed E-state index contributed by atoms with van der Waals surface area (Å²) in [5.41, 5.74) is 2.03. The van der Waals surface area contributed by atoms with E-state index >= 15 is 0 Å². The quantitative estimate of drug-likeness (QED) is 0.751. The number of amides is 1. The third kappa shape index (κ3) is 5.62. The van der Waals surface area contributed by atoms with Crippen molar-refractivity contribution in [1.82, 2.24) is 19.8 Å². The highest BCUT2D eigenvalue weighted by atomic mass is 16.5. The van der Waals surface area contributed by atoms with Crippen molar-refractivity contribution >= 4 is 11.9 Å². The molecule has 150 valence electrons. The molecular weight excluding hydrogens is 342 g/mol. The predicted molar refractivity (Wildman–Crippen MR) is 106 cm³/mol. The maximum Gasteiger partial charge on any atom is 0.225 e. The van der Waals surface area contributed by atoms with Crippen molar-refractivity contribution in [2.75, 3.05) is 64.4 Å². The lowest BCUT2D eigenvalue weighted by molar-refractivity contribution is -0.134. The molecule has 0 aromatic carbocycles. The molecule has 2 aliphatic rings. The van der Waals surface area contributed by atoms with Gasteiger partial charge in [0.05, 0.1) is 6.61 Å². The summed E-state index contributed by atoms with van der Waals surface area (Å²) in [6.45, 7) is 11.2. The second kappa shape index (κ2) is 9.46.